The van der Waals surface area contributed by atoms with Crippen LogP contribution in [0.1, 0.15) is 0 Å². The lowest BCUT2D eigenvalue weighted by Gasteiger charge is -2.23. The summed E-state index contributed by atoms with van der Waals surface area (Å²) >= 11 is 0. The highest BCUT2D eigenvalue weighted by Crippen LogP contribution is 2.38. The van der Waals surface area contributed by atoms with Gasteiger partial charge < -0.3 is 4.42 Å². The average molecular weight is 744 g/mol. The molecule has 9 aromatic rings. The molecule has 0 bridgehead atoms. The molecule has 9 rings (SSSR count). The fourth-order valence-corrected chi connectivity index (χ4v) is 9.64. The zero-order valence-electron chi connectivity index (χ0n) is 36.4. The highest BCUT2D eigenvalue weighted by Gasteiger charge is 2.26. The zero-order valence-corrected chi connectivity index (χ0v) is 36.4. The minimum absolute atomic E-state index is 0.638. The van der Waals surface area contributed by atoms with Gasteiger partial charge in [0, 0.05) is 27.5 Å². The standard InChI is InChI=1S/C43H39B12N3O/c44-27-21(23-29(46)34(51)38(55)35(52)30(23)47)15-20(22-26-28(45)24-25(33(50)40(26)59-39(22)27)32(49)37(54)36(53)31(24)48)16-11-13-19(14-12-16)43-57-41(17-7-3-1-4-8-17)56-42(58-43)18-9-5-2-6-10-18/h1-15H,44-55H2. The summed E-state index contributed by atoms with van der Waals surface area (Å²) in [6.45, 7) is 0. The molecule has 0 atom stereocenters. The van der Waals surface area contributed by atoms with Gasteiger partial charge in [-0.2, -0.15) is 0 Å². The number of furan rings is 1. The predicted molar refractivity (Wildman–Crippen MR) is 290 cm³/mol. The number of benzene rings is 7. The number of aromatic nitrogens is 3. The van der Waals surface area contributed by atoms with Crippen molar-refractivity contribution in [1.82, 2.24) is 15.0 Å². The van der Waals surface area contributed by atoms with Crippen LogP contribution in [-0.2, 0) is 0 Å². The topological polar surface area (TPSA) is 51.8 Å². The molecule has 0 saturated heterocycles. The summed E-state index contributed by atoms with van der Waals surface area (Å²) in [7, 11) is 27.2. The van der Waals surface area contributed by atoms with Gasteiger partial charge in [0.1, 0.15) is 105 Å². The van der Waals surface area contributed by atoms with E-state index in [-0.39, 0.29) is 0 Å². The Kier molecular flexibility index (Phi) is 9.61. The van der Waals surface area contributed by atoms with E-state index >= 15 is 0 Å². The molecule has 2 aromatic heterocycles. The van der Waals surface area contributed by atoms with Gasteiger partial charge in [-0.1, -0.05) is 112 Å². The molecule has 0 radical (unpaired) electrons. The SMILES string of the molecule is Bc1c(B)c(B)c(-c2cc(-c3ccc(-c4nc(-c5ccccc5)nc(-c5ccccc5)n4)cc3)c3c(oc4c(B)c5c(B)c(B)c(B)c(B)c5c(B)c43)c2B)c(B)c1B. The van der Waals surface area contributed by atoms with Gasteiger partial charge in [-0.05, 0) is 50.0 Å². The van der Waals surface area contributed by atoms with E-state index in [0.29, 0.717) is 17.5 Å². The van der Waals surface area contributed by atoms with Gasteiger partial charge in [-0.3, -0.25) is 0 Å². The molecular weight excluding hydrogens is 704 g/mol. The Balaban J connectivity index is 1.34. The first-order valence-electron chi connectivity index (χ1n) is 20.7. The first kappa shape index (κ1) is 38.9. The largest absolute Gasteiger partial charge is 0.457 e. The van der Waals surface area contributed by atoms with E-state index in [4.69, 9.17) is 19.4 Å². The summed E-state index contributed by atoms with van der Waals surface area (Å²) in [5, 5.41) is 5.03. The van der Waals surface area contributed by atoms with Crippen LogP contribution in [0.3, 0.4) is 0 Å². The molecule has 7 aromatic carbocycles. The van der Waals surface area contributed by atoms with E-state index in [0.717, 1.165) is 39.0 Å². The Hall–Kier alpha value is -5.61. The van der Waals surface area contributed by atoms with Gasteiger partial charge in [-0.15, -0.1) is 27.3 Å². The van der Waals surface area contributed by atoms with Crippen molar-refractivity contribution in [2.75, 3.05) is 0 Å². The van der Waals surface area contributed by atoms with Crippen molar-refractivity contribution in [3.63, 3.8) is 0 Å². The van der Waals surface area contributed by atoms with Crippen LogP contribution in [-0.4, -0.2) is 109 Å². The van der Waals surface area contributed by atoms with Crippen LogP contribution in [0.15, 0.2) is 95.4 Å². The van der Waals surface area contributed by atoms with E-state index < -0.39 is 0 Å². The number of hydrogen-bond acceptors (Lipinski definition) is 4. The van der Waals surface area contributed by atoms with E-state index in [9.17, 15) is 0 Å². The van der Waals surface area contributed by atoms with Crippen molar-refractivity contribution in [3.05, 3.63) is 91.0 Å². The fraction of sp³-hybridized carbons (Fsp3) is 0. The molecular formula is C43H39B12N3O. The summed E-state index contributed by atoms with van der Waals surface area (Å²) in [6, 6.07) is 31.5. The van der Waals surface area contributed by atoms with Crippen molar-refractivity contribution in [2.45, 2.75) is 0 Å². The second-order valence-electron chi connectivity index (χ2n) is 16.7. The number of fused-ring (bicyclic) bond motifs is 4. The lowest BCUT2D eigenvalue weighted by atomic mass is 9.59. The van der Waals surface area contributed by atoms with Gasteiger partial charge in [-0.25, -0.2) is 15.0 Å². The van der Waals surface area contributed by atoms with Crippen molar-refractivity contribution in [1.29, 1.82) is 0 Å². The number of hydrogen-bond donors (Lipinski definition) is 0. The van der Waals surface area contributed by atoms with Crippen molar-refractivity contribution in [3.8, 4) is 56.4 Å². The Labute approximate surface area is 357 Å². The molecule has 59 heavy (non-hydrogen) atoms. The minimum atomic E-state index is 0.638. The van der Waals surface area contributed by atoms with Crippen molar-refractivity contribution >= 4 is 192 Å². The summed E-state index contributed by atoms with van der Waals surface area (Å²) in [5.74, 6) is 1.94. The second kappa shape index (κ2) is 14.6. The summed E-state index contributed by atoms with van der Waals surface area (Å²) in [6.07, 6.45) is 0. The maximum absolute atomic E-state index is 7.23. The Bertz CT molecular complexity index is 3140. The highest BCUT2D eigenvalue weighted by molar-refractivity contribution is 6.72. The van der Waals surface area contributed by atoms with Crippen molar-refractivity contribution in [2.24, 2.45) is 0 Å². The molecule has 0 aliphatic carbocycles. The normalized spacial score (nSPS) is 11.5. The highest BCUT2D eigenvalue weighted by atomic mass is 16.3. The van der Waals surface area contributed by atoms with Crippen LogP contribution in [0, 0.1) is 0 Å². The summed E-state index contributed by atoms with van der Waals surface area (Å²) < 4.78 is 7.23. The summed E-state index contributed by atoms with van der Waals surface area (Å²) in [5.41, 5.74) is 25.3. The first-order chi connectivity index (χ1) is 28.3. The van der Waals surface area contributed by atoms with E-state index in [2.05, 4.69) is 124 Å². The fourth-order valence-electron chi connectivity index (χ4n) is 9.64. The molecule has 0 N–H and O–H groups in total. The van der Waals surface area contributed by atoms with Crippen LogP contribution in [0.4, 0.5) is 0 Å². The monoisotopic (exact) mass is 745 g/mol. The third-order valence-corrected chi connectivity index (χ3v) is 13.8. The molecule has 0 spiro atoms. The predicted octanol–water partition coefficient (Wildman–Crippen LogP) is -9.64. The quantitative estimate of drug-likeness (QED) is 0.165. The molecule has 0 aliphatic heterocycles. The second-order valence-corrected chi connectivity index (χ2v) is 16.7. The van der Waals surface area contributed by atoms with Gasteiger partial charge in [0.25, 0.3) is 0 Å². The molecule has 4 nitrogen and oxygen atoms in total. The molecule has 268 valence electrons. The van der Waals surface area contributed by atoms with Gasteiger partial charge >= 0.3 is 0 Å². The van der Waals surface area contributed by atoms with E-state index in [1.165, 1.54) is 98.2 Å². The minimum Gasteiger partial charge on any atom is -0.457 e. The third-order valence-electron chi connectivity index (χ3n) is 13.8. The number of rotatable bonds is 5. The lowest BCUT2D eigenvalue weighted by Crippen LogP contribution is -2.55. The van der Waals surface area contributed by atoms with Crippen LogP contribution in [0.2, 0.25) is 0 Å². The molecule has 16 heteroatoms. The van der Waals surface area contributed by atoms with Crippen LogP contribution >= 0.6 is 0 Å². The van der Waals surface area contributed by atoms with Crippen molar-refractivity contribution < 1.29 is 4.42 Å². The maximum atomic E-state index is 7.23. The molecule has 0 aliphatic rings. The van der Waals surface area contributed by atoms with Gasteiger partial charge in [0.2, 0.25) is 0 Å². The Morgan fingerprint density at radius 2 is 0.695 bits per heavy atom. The van der Waals surface area contributed by atoms with Crippen LogP contribution < -0.4 is 65.6 Å². The molecule has 0 amide bonds. The molecule has 0 fully saturated rings. The lowest BCUT2D eigenvalue weighted by molar-refractivity contribution is 0.675. The summed E-state index contributed by atoms with van der Waals surface area (Å²) in [4.78, 5) is 15.0. The van der Waals surface area contributed by atoms with Gasteiger partial charge in [0.15, 0.2) is 17.5 Å². The number of nitrogens with zero attached hydrogens (tertiary/aromatic N) is 3. The molecule has 0 saturated carbocycles. The zero-order chi connectivity index (χ0) is 41.6. The smallest absolute Gasteiger partial charge is 0.164 e. The molecule has 0 unspecified atom stereocenters. The Morgan fingerprint density at radius 1 is 0.305 bits per heavy atom. The average Bonchev–Trinajstić information content (AvgIpc) is 3.68. The van der Waals surface area contributed by atoms with E-state index in [1.54, 1.807) is 0 Å². The first-order valence-corrected chi connectivity index (χ1v) is 20.7. The Morgan fingerprint density at radius 3 is 1.19 bits per heavy atom. The maximum Gasteiger partial charge on any atom is 0.164 e. The third kappa shape index (κ3) is 6.04. The van der Waals surface area contributed by atoms with E-state index in [1.807, 2.05) is 60.7 Å². The molecule has 2 heterocycles. The van der Waals surface area contributed by atoms with Crippen LogP contribution in [0.25, 0.3) is 89.1 Å². The van der Waals surface area contributed by atoms with Crippen LogP contribution in [0.5, 0.6) is 0 Å². The van der Waals surface area contributed by atoms with Gasteiger partial charge in [0.05, 0.1) is 0 Å².